The smallest absolute Gasteiger partial charge is 0.0835 e. The van der Waals surface area contributed by atoms with E-state index in [-0.39, 0.29) is 12.2 Å². The van der Waals surface area contributed by atoms with E-state index >= 15 is 0 Å². The average Bonchev–Trinajstić information content (AvgIpc) is 2.31. The Morgan fingerprint density at radius 3 is 2.60 bits per heavy atom. The number of methoxy groups -OCH3 is 1. The molecule has 0 bridgehead atoms. The van der Waals surface area contributed by atoms with Gasteiger partial charge in [0.1, 0.15) is 0 Å². The maximum Gasteiger partial charge on any atom is 0.0835 e. The molecule has 1 aliphatic carbocycles. The monoisotopic (exact) mass is 206 g/mol. The molecule has 0 spiro atoms. The predicted molar refractivity (Wildman–Crippen MR) is 59.8 cm³/mol. The normalized spacial score (nSPS) is 31.5. The van der Waals surface area contributed by atoms with E-state index < -0.39 is 0 Å². The molecule has 82 valence electrons. The fraction of sp³-hybridized carbons (Fsp3) is 0.538. The van der Waals surface area contributed by atoms with Crippen molar-refractivity contribution >= 4 is 0 Å². The Balaban J connectivity index is 2.06. The lowest BCUT2D eigenvalue weighted by Gasteiger charge is -2.32. The van der Waals surface area contributed by atoms with Crippen LogP contribution in [0.3, 0.4) is 0 Å². The van der Waals surface area contributed by atoms with E-state index in [9.17, 15) is 5.11 Å². The van der Waals surface area contributed by atoms with Crippen molar-refractivity contribution in [2.75, 3.05) is 7.11 Å². The number of rotatable bonds is 2. The molecule has 1 N–H and O–H groups in total. The van der Waals surface area contributed by atoms with Crippen LogP contribution in [0.2, 0.25) is 0 Å². The van der Waals surface area contributed by atoms with E-state index in [4.69, 9.17) is 4.74 Å². The molecule has 15 heavy (non-hydrogen) atoms. The molecule has 0 amide bonds. The van der Waals surface area contributed by atoms with E-state index in [0.717, 1.165) is 19.3 Å². The van der Waals surface area contributed by atoms with E-state index in [1.165, 1.54) is 5.56 Å². The first-order valence-corrected chi connectivity index (χ1v) is 5.57. The molecule has 1 aromatic carbocycles. The quantitative estimate of drug-likeness (QED) is 0.804. The standard InChI is InChI=1S/C13H18O2/c1-15-13-9-11(7-8-12(13)14)10-5-3-2-4-6-10/h2-6,11-14H,7-9H2,1H3. The molecule has 2 nitrogen and oxygen atoms in total. The summed E-state index contributed by atoms with van der Waals surface area (Å²) in [5, 5.41) is 9.71. The lowest BCUT2D eigenvalue weighted by molar-refractivity contribution is -0.0413. The van der Waals surface area contributed by atoms with Crippen LogP contribution in [0.1, 0.15) is 30.7 Å². The van der Waals surface area contributed by atoms with Crippen molar-refractivity contribution in [3.63, 3.8) is 0 Å². The molecule has 1 fully saturated rings. The Hall–Kier alpha value is -0.860. The molecule has 0 heterocycles. The minimum absolute atomic E-state index is 0.00366. The molecule has 3 unspecified atom stereocenters. The number of hydrogen-bond donors (Lipinski definition) is 1. The molecule has 0 radical (unpaired) electrons. The summed E-state index contributed by atoms with van der Waals surface area (Å²) in [5.74, 6) is 0.541. The van der Waals surface area contributed by atoms with Crippen LogP contribution in [0.4, 0.5) is 0 Å². The molecular weight excluding hydrogens is 188 g/mol. The van der Waals surface area contributed by atoms with Gasteiger partial charge in [0.05, 0.1) is 12.2 Å². The van der Waals surface area contributed by atoms with E-state index in [2.05, 4.69) is 24.3 Å². The van der Waals surface area contributed by atoms with Crippen molar-refractivity contribution in [1.29, 1.82) is 0 Å². The minimum Gasteiger partial charge on any atom is -0.390 e. The first-order valence-electron chi connectivity index (χ1n) is 5.57. The summed E-state index contributed by atoms with van der Waals surface area (Å²) in [6.07, 6.45) is 2.56. The minimum atomic E-state index is -0.282. The largest absolute Gasteiger partial charge is 0.390 e. The van der Waals surface area contributed by atoms with Crippen LogP contribution < -0.4 is 0 Å². The number of aliphatic hydroxyl groups excluding tert-OH is 1. The second-order valence-electron chi connectivity index (χ2n) is 4.26. The third-order valence-electron chi connectivity index (χ3n) is 3.33. The zero-order valence-electron chi connectivity index (χ0n) is 9.10. The van der Waals surface area contributed by atoms with Gasteiger partial charge < -0.3 is 9.84 Å². The van der Waals surface area contributed by atoms with Gasteiger partial charge in [0, 0.05) is 7.11 Å². The second kappa shape index (κ2) is 4.77. The Morgan fingerprint density at radius 1 is 1.20 bits per heavy atom. The van der Waals surface area contributed by atoms with Gasteiger partial charge in [-0.3, -0.25) is 0 Å². The van der Waals surface area contributed by atoms with Crippen molar-refractivity contribution in [2.45, 2.75) is 37.4 Å². The number of benzene rings is 1. The molecule has 0 aliphatic heterocycles. The van der Waals surface area contributed by atoms with Gasteiger partial charge in [-0.25, -0.2) is 0 Å². The van der Waals surface area contributed by atoms with E-state index in [0.29, 0.717) is 5.92 Å². The van der Waals surface area contributed by atoms with Gasteiger partial charge in [-0.15, -0.1) is 0 Å². The molecule has 3 atom stereocenters. The van der Waals surface area contributed by atoms with Crippen molar-refractivity contribution in [3.8, 4) is 0 Å². The van der Waals surface area contributed by atoms with E-state index in [1.807, 2.05) is 6.07 Å². The SMILES string of the molecule is COC1CC(c2ccccc2)CCC1O. The summed E-state index contributed by atoms with van der Waals surface area (Å²) in [6, 6.07) is 10.5. The second-order valence-corrected chi connectivity index (χ2v) is 4.26. The van der Waals surface area contributed by atoms with Crippen LogP contribution in [-0.4, -0.2) is 24.4 Å². The van der Waals surface area contributed by atoms with Crippen molar-refractivity contribution in [3.05, 3.63) is 35.9 Å². The fourth-order valence-corrected chi connectivity index (χ4v) is 2.39. The summed E-state index contributed by atoms with van der Waals surface area (Å²) in [4.78, 5) is 0. The van der Waals surface area contributed by atoms with Gasteiger partial charge >= 0.3 is 0 Å². The number of aliphatic hydroxyl groups is 1. The van der Waals surface area contributed by atoms with Crippen molar-refractivity contribution in [1.82, 2.24) is 0 Å². The van der Waals surface area contributed by atoms with Crippen molar-refractivity contribution in [2.24, 2.45) is 0 Å². The highest BCUT2D eigenvalue weighted by Gasteiger charge is 2.29. The predicted octanol–water partition coefficient (Wildman–Crippen LogP) is 2.33. The molecule has 0 aromatic heterocycles. The molecule has 2 heteroatoms. The van der Waals surface area contributed by atoms with Gasteiger partial charge in [-0.05, 0) is 30.7 Å². The lowest BCUT2D eigenvalue weighted by Crippen LogP contribution is -2.34. The molecule has 1 aromatic rings. The molecular formula is C13H18O2. The summed E-state index contributed by atoms with van der Waals surface area (Å²) in [5.41, 5.74) is 1.37. The Bertz CT molecular complexity index is 297. The van der Waals surface area contributed by atoms with Crippen LogP contribution in [0.5, 0.6) is 0 Å². The fourth-order valence-electron chi connectivity index (χ4n) is 2.39. The number of ether oxygens (including phenoxy) is 1. The highest BCUT2D eigenvalue weighted by molar-refractivity contribution is 5.20. The molecule has 0 saturated heterocycles. The van der Waals surface area contributed by atoms with Crippen LogP contribution in [0.15, 0.2) is 30.3 Å². The van der Waals surface area contributed by atoms with Crippen LogP contribution >= 0.6 is 0 Å². The van der Waals surface area contributed by atoms with Gasteiger partial charge in [-0.2, -0.15) is 0 Å². The van der Waals surface area contributed by atoms with Crippen LogP contribution in [0, 0.1) is 0 Å². The van der Waals surface area contributed by atoms with Gasteiger partial charge in [-0.1, -0.05) is 30.3 Å². The first kappa shape index (κ1) is 10.7. The van der Waals surface area contributed by atoms with Crippen molar-refractivity contribution < 1.29 is 9.84 Å². The highest BCUT2D eigenvalue weighted by Crippen LogP contribution is 2.33. The van der Waals surface area contributed by atoms with Crippen LogP contribution in [0.25, 0.3) is 0 Å². The Morgan fingerprint density at radius 2 is 1.93 bits per heavy atom. The summed E-state index contributed by atoms with van der Waals surface area (Å²) in [6.45, 7) is 0. The van der Waals surface area contributed by atoms with Crippen LogP contribution in [-0.2, 0) is 4.74 Å². The summed E-state index contributed by atoms with van der Waals surface area (Å²) >= 11 is 0. The van der Waals surface area contributed by atoms with Gasteiger partial charge in [0.15, 0.2) is 0 Å². The summed E-state index contributed by atoms with van der Waals surface area (Å²) < 4.78 is 5.31. The lowest BCUT2D eigenvalue weighted by atomic mass is 9.81. The Kier molecular flexibility index (Phi) is 3.39. The maximum atomic E-state index is 9.71. The molecule has 2 rings (SSSR count). The summed E-state index contributed by atoms with van der Waals surface area (Å²) in [7, 11) is 1.68. The topological polar surface area (TPSA) is 29.5 Å². The van der Waals surface area contributed by atoms with Gasteiger partial charge in [0.2, 0.25) is 0 Å². The molecule has 1 aliphatic rings. The maximum absolute atomic E-state index is 9.71. The highest BCUT2D eigenvalue weighted by atomic mass is 16.5. The average molecular weight is 206 g/mol. The Labute approximate surface area is 90.9 Å². The van der Waals surface area contributed by atoms with E-state index in [1.54, 1.807) is 7.11 Å². The van der Waals surface area contributed by atoms with Gasteiger partial charge in [0.25, 0.3) is 0 Å². The third kappa shape index (κ3) is 2.39. The third-order valence-corrected chi connectivity index (χ3v) is 3.33. The number of hydrogen-bond acceptors (Lipinski definition) is 2. The zero-order chi connectivity index (χ0) is 10.7. The molecule has 1 saturated carbocycles. The first-order chi connectivity index (χ1) is 7.31. The zero-order valence-corrected chi connectivity index (χ0v) is 9.10.